The van der Waals surface area contributed by atoms with Crippen LogP contribution in [-0.4, -0.2) is 64.3 Å². The van der Waals surface area contributed by atoms with Gasteiger partial charge in [-0.3, -0.25) is 4.79 Å². The highest BCUT2D eigenvalue weighted by molar-refractivity contribution is 5.80. The van der Waals surface area contributed by atoms with E-state index in [1.54, 1.807) is 4.90 Å². The molecule has 1 atom stereocenters. The van der Waals surface area contributed by atoms with E-state index in [1.165, 1.54) is 4.90 Å². The van der Waals surface area contributed by atoms with Gasteiger partial charge in [-0.05, 0) is 19.3 Å². The number of likely N-dealkylation sites (tertiary alicyclic amines) is 1. The number of rotatable bonds is 5. The number of carboxylic acids is 1. The van der Waals surface area contributed by atoms with E-state index in [0.29, 0.717) is 13.1 Å². The quantitative estimate of drug-likeness (QED) is 0.731. The zero-order valence-electron chi connectivity index (χ0n) is 10.1. The normalized spacial score (nSPS) is 19.4. The smallest absolute Gasteiger partial charge is 0.323 e. The Morgan fingerprint density at radius 2 is 2.18 bits per heavy atom. The molecule has 1 aliphatic rings. The fraction of sp³-hybridized carbons (Fsp3) is 0.818. The maximum atomic E-state index is 12.1. The summed E-state index contributed by atoms with van der Waals surface area (Å²) in [7, 11) is 0. The Kier molecular flexibility index (Phi) is 5.21. The van der Waals surface area contributed by atoms with Crippen LogP contribution in [0.4, 0.5) is 4.79 Å². The van der Waals surface area contributed by atoms with Crippen LogP contribution >= 0.6 is 0 Å². The van der Waals surface area contributed by atoms with Crippen molar-refractivity contribution >= 4 is 12.0 Å². The number of carbonyl (C=O) groups excluding carboxylic acids is 1. The van der Waals surface area contributed by atoms with Crippen LogP contribution in [0.3, 0.4) is 0 Å². The van der Waals surface area contributed by atoms with Gasteiger partial charge in [0.2, 0.25) is 0 Å². The summed E-state index contributed by atoms with van der Waals surface area (Å²) in [6, 6.07) is -0.429. The standard InChI is InChI=1S/C11H20N2O4/c1-2-5-12(7-10(15)16)11(17)13-6-3-4-9(13)8-14/h9,14H,2-8H2,1H3,(H,15,16). The Balaban J connectivity index is 2.65. The average molecular weight is 244 g/mol. The van der Waals surface area contributed by atoms with Gasteiger partial charge in [0.1, 0.15) is 6.54 Å². The number of aliphatic carboxylic acids is 1. The molecule has 0 aromatic heterocycles. The lowest BCUT2D eigenvalue weighted by molar-refractivity contribution is -0.137. The lowest BCUT2D eigenvalue weighted by Gasteiger charge is -2.30. The molecule has 98 valence electrons. The zero-order valence-corrected chi connectivity index (χ0v) is 10.1. The van der Waals surface area contributed by atoms with Gasteiger partial charge in [0, 0.05) is 13.1 Å². The molecule has 1 saturated heterocycles. The van der Waals surface area contributed by atoms with Crippen LogP contribution in [0.1, 0.15) is 26.2 Å². The number of nitrogens with zero attached hydrogens (tertiary/aromatic N) is 2. The lowest BCUT2D eigenvalue weighted by atomic mass is 10.2. The maximum Gasteiger partial charge on any atom is 0.323 e. The van der Waals surface area contributed by atoms with Gasteiger partial charge in [0.05, 0.1) is 12.6 Å². The van der Waals surface area contributed by atoms with Gasteiger partial charge in [-0.25, -0.2) is 4.79 Å². The van der Waals surface area contributed by atoms with E-state index in [1.807, 2.05) is 6.92 Å². The number of urea groups is 1. The first-order valence-electron chi connectivity index (χ1n) is 5.98. The van der Waals surface area contributed by atoms with E-state index < -0.39 is 5.97 Å². The molecule has 2 N–H and O–H groups in total. The summed E-state index contributed by atoms with van der Waals surface area (Å²) >= 11 is 0. The van der Waals surface area contributed by atoms with Crippen molar-refractivity contribution in [2.75, 3.05) is 26.2 Å². The molecule has 0 saturated carbocycles. The second-order valence-corrected chi connectivity index (χ2v) is 4.27. The van der Waals surface area contributed by atoms with Gasteiger partial charge >= 0.3 is 12.0 Å². The minimum Gasteiger partial charge on any atom is -0.480 e. The van der Waals surface area contributed by atoms with E-state index >= 15 is 0 Å². The highest BCUT2D eigenvalue weighted by Crippen LogP contribution is 2.18. The number of aliphatic hydroxyl groups excluding tert-OH is 1. The Morgan fingerprint density at radius 1 is 1.47 bits per heavy atom. The first-order chi connectivity index (χ1) is 8.10. The van der Waals surface area contributed by atoms with E-state index in [4.69, 9.17) is 10.2 Å². The van der Waals surface area contributed by atoms with Crippen LogP contribution in [0.5, 0.6) is 0 Å². The summed E-state index contributed by atoms with van der Waals surface area (Å²) in [6.07, 6.45) is 2.37. The predicted octanol–water partition coefficient (Wildman–Crippen LogP) is 0.360. The van der Waals surface area contributed by atoms with Gasteiger partial charge in [0.15, 0.2) is 0 Å². The molecule has 1 aliphatic heterocycles. The fourth-order valence-corrected chi connectivity index (χ4v) is 2.13. The van der Waals surface area contributed by atoms with Crippen molar-refractivity contribution < 1.29 is 19.8 Å². The number of carbonyl (C=O) groups is 2. The summed E-state index contributed by atoms with van der Waals surface area (Å²) < 4.78 is 0. The molecule has 1 unspecified atom stereocenters. The van der Waals surface area contributed by atoms with Crippen LogP contribution in [0.15, 0.2) is 0 Å². The largest absolute Gasteiger partial charge is 0.480 e. The molecule has 1 rings (SSSR count). The Bertz CT molecular complexity index is 283. The van der Waals surface area contributed by atoms with Crippen LogP contribution in [0, 0.1) is 0 Å². The summed E-state index contributed by atoms with van der Waals surface area (Å²) in [4.78, 5) is 25.7. The van der Waals surface area contributed by atoms with Crippen molar-refractivity contribution in [3.05, 3.63) is 0 Å². The molecule has 0 aromatic rings. The molecular formula is C11H20N2O4. The van der Waals surface area contributed by atoms with Gasteiger partial charge in [-0.15, -0.1) is 0 Å². The molecule has 1 heterocycles. The van der Waals surface area contributed by atoms with Crippen LogP contribution < -0.4 is 0 Å². The van der Waals surface area contributed by atoms with Gasteiger partial charge < -0.3 is 20.0 Å². The number of hydrogen-bond donors (Lipinski definition) is 2. The van der Waals surface area contributed by atoms with Crippen LogP contribution in [0.25, 0.3) is 0 Å². The van der Waals surface area contributed by atoms with Gasteiger partial charge in [0.25, 0.3) is 0 Å². The number of hydrogen-bond acceptors (Lipinski definition) is 3. The highest BCUT2D eigenvalue weighted by atomic mass is 16.4. The van der Waals surface area contributed by atoms with E-state index in [-0.39, 0.29) is 25.2 Å². The first kappa shape index (κ1) is 13.8. The van der Waals surface area contributed by atoms with Crippen molar-refractivity contribution in [3.8, 4) is 0 Å². The predicted molar refractivity (Wildman–Crippen MR) is 61.7 cm³/mol. The SMILES string of the molecule is CCCN(CC(=O)O)C(=O)N1CCCC1CO. The second kappa shape index (κ2) is 6.44. The van der Waals surface area contributed by atoms with Crippen molar-refractivity contribution in [1.82, 2.24) is 9.80 Å². The fourth-order valence-electron chi connectivity index (χ4n) is 2.13. The van der Waals surface area contributed by atoms with Crippen molar-refractivity contribution in [1.29, 1.82) is 0 Å². The number of aliphatic hydroxyl groups is 1. The average Bonchev–Trinajstić information content (AvgIpc) is 2.74. The molecule has 1 fully saturated rings. The molecule has 0 radical (unpaired) electrons. The van der Waals surface area contributed by atoms with E-state index in [9.17, 15) is 9.59 Å². The number of amides is 2. The summed E-state index contributed by atoms with van der Waals surface area (Å²) in [6.45, 7) is 2.60. The van der Waals surface area contributed by atoms with Crippen molar-refractivity contribution in [2.24, 2.45) is 0 Å². The third-order valence-corrected chi connectivity index (χ3v) is 2.92. The molecule has 6 heteroatoms. The lowest BCUT2D eigenvalue weighted by Crippen LogP contribution is -2.48. The van der Waals surface area contributed by atoms with Gasteiger partial charge in [-0.1, -0.05) is 6.92 Å². The van der Waals surface area contributed by atoms with E-state index in [0.717, 1.165) is 19.3 Å². The highest BCUT2D eigenvalue weighted by Gasteiger charge is 2.31. The summed E-state index contributed by atoms with van der Waals surface area (Å²) in [5.74, 6) is -1.01. The zero-order chi connectivity index (χ0) is 12.8. The Morgan fingerprint density at radius 3 is 2.71 bits per heavy atom. The van der Waals surface area contributed by atoms with Crippen molar-refractivity contribution in [2.45, 2.75) is 32.2 Å². The molecule has 6 nitrogen and oxygen atoms in total. The number of carboxylic acid groups (broad SMARTS) is 1. The Labute approximate surface area is 101 Å². The van der Waals surface area contributed by atoms with Crippen molar-refractivity contribution in [3.63, 3.8) is 0 Å². The van der Waals surface area contributed by atoms with E-state index in [2.05, 4.69) is 0 Å². The van der Waals surface area contributed by atoms with Crippen LogP contribution in [-0.2, 0) is 4.79 Å². The molecule has 0 aliphatic carbocycles. The molecular weight excluding hydrogens is 224 g/mol. The molecule has 0 bridgehead atoms. The molecule has 2 amide bonds. The minimum atomic E-state index is -1.01. The van der Waals surface area contributed by atoms with Crippen LogP contribution in [0.2, 0.25) is 0 Å². The third-order valence-electron chi connectivity index (χ3n) is 2.92. The second-order valence-electron chi connectivity index (χ2n) is 4.27. The van der Waals surface area contributed by atoms with Gasteiger partial charge in [-0.2, -0.15) is 0 Å². The monoisotopic (exact) mass is 244 g/mol. The molecule has 17 heavy (non-hydrogen) atoms. The topological polar surface area (TPSA) is 81.1 Å². The summed E-state index contributed by atoms with van der Waals surface area (Å²) in [5.41, 5.74) is 0. The molecule has 0 spiro atoms. The third kappa shape index (κ3) is 3.59. The first-order valence-corrected chi connectivity index (χ1v) is 5.98. The molecule has 0 aromatic carbocycles. The minimum absolute atomic E-state index is 0.0568. The summed E-state index contributed by atoms with van der Waals surface area (Å²) in [5, 5.41) is 17.9. The Hall–Kier alpha value is -1.30. The maximum absolute atomic E-state index is 12.1.